The van der Waals surface area contributed by atoms with Gasteiger partial charge in [-0.3, -0.25) is 12.9 Å². The molecule has 0 unspecified atom stereocenters. The molecule has 0 saturated carbocycles. The molecule has 0 amide bonds. The maximum Gasteiger partial charge on any atom is 0.264 e. The molecule has 284 valence electrons. The molecule has 0 aromatic heterocycles. The number of anilines is 3. The van der Waals surface area contributed by atoms with E-state index in [0.29, 0.717) is 33.8 Å². The highest BCUT2D eigenvalue weighted by Gasteiger charge is 2.27. The van der Waals surface area contributed by atoms with Crippen LogP contribution in [0.4, 0.5) is 17.1 Å². The highest BCUT2D eigenvalue weighted by atomic mass is 32.2. The fraction of sp³-hybridized carbons (Fsp3) is 0.163. The molecule has 0 N–H and O–H groups in total. The lowest BCUT2D eigenvalue weighted by molar-refractivity contribution is 0.592. The van der Waals surface area contributed by atoms with Gasteiger partial charge in [-0.2, -0.15) is 0 Å². The van der Waals surface area contributed by atoms with E-state index < -0.39 is 36.0 Å². The van der Waals surface area contributed by atoms with Crippen molar-refractivity contribution in [2.45, 2.75) is 41.4 Å². The summed E-state index contributed by atoms with van der Waals surface area (Å²) in [6, 6.07) is 41.4. The minimum Gasteiger partial charge on any atom is -0.269 e. The summed E-state index contributed by atoms with van der Waals surface area (Å²) in [6.45, 7) is 5.66. The molecule has 0 bridgehead atoms. The Hall–Kier alpha value is -5.43. The van der Waals surface area contributed by atoms with Crippen LogP contribution in [0.1, 0.15) is 39.3 Å². The minimum atomic E-state index is -3.92. The third-order valence-corrected chi connectivity index (χ3v) is 15.1. The minimum absolute atomic E-state index is 0.151. The number of rotatable bonds is 12. The largest absolute Gasteiger partial charge is 0.269 e. The van der Waals surface area contributed by atoms with Gasteiger partial charge in [0, 0.05) is 27.1 Å². The Labute approximate surface area is 325 Å². The van der Waals surface area contributed by atoms with E-state index in [1.807, 2.05) is 39.0 Å². The van der Waals surface area contributed by atoms with Crippen LogP contribution in [0.15, 0.2) is 160 Å². The second kappa shape index (κ2) is 15.4. The van der Waals surface area contributed by atoms with Crippen molar-refractivity contribution in [1.29, 1.82) is 0 Å². The van der Waals surface area contributed by atoms with E-state index in [4.69, 9.17) is 0 Å². The van der Waals surface area contributed by atoms with Gasteiger partial charge in [-0.05, 0) is 110 Å². The molecule has 6 aromatic rings. The van der Waals surface area contributed by atoms with Gasteiger partial charge >= 0.3 is 0 Å². The number of nitrogens with zero attached hydrogens (tertiary/aromatic N) is 3. The lowest BCUT2D eigenvalue weighted by atomic mass is 9.84. The highest BCUT2D eigenvalue weighted by Crippen LogP contribution is 2.38. The molecule has 0 aliphatic heterocycles. The standard InChI is InChI=1S/C43H43N3O6S3/c1-31-16-22-40(23-17-31)53(47,48)44(4)37-13-7-10-34(28-37)43(35-11-8-14-38(29-35)45(5)54(49,50)41-24-18-32(2)19-25-41)36-12-9-15-39(30-36)46(6)55(51,52)42-26-20-33(3)21-27-42/h7-30,43H,1-6H3. The highest BCUT2D eigenvalue weighted by molar-refractivity contribution is 7.93. The van der Waals surface area contributed by atoms with Crippen LogP contribution in [0.2, 0.25) is 0 Å². The molecule has 55 heavy (non-hydrogen) atoms. The van der Waals surface area contributed by atoms with Crippen molar-refractivity contribution < 1.29 is 25.3 Å². The number of sulfonamides is 3. The smallest absolute Gasteiger partial charge is 0.264 e. The van der Waals surface area contributed by atoms with E-state index in [1.165, 1.54) is 34.1 Å². The predicted molar refractivity (Wildman–Crippen MR) is 221 cm³/mol. The van der Waals surface area contributed by atoms with Crippen LogP contribution >= 0.6 is 0 Å². The van der Waals surface area contributed by atoms with E-state index in [0.717, 1.165) is 16.7 Å². The van der Waals surface area contributed by atoms with E-state index in [9.17, 15) is 25.3 Å². The molecule has 0 fully saturated rings. The lowest BCUT2D eigenvalue weighted by Crippen LogP contribution is -2.27. The number of aryl methyl sites for hydroxylation is 3. The maximum absolute atomic E-state index is 13.8. The predicted octanol–water partition coefficient (Wildman–Crippen LogP) is 8.27. The molecule has 0 atom stereocenters. The molecular weight excluding hydrogens is 751 g/mol. The monoisotopic (exact) mass is 793 g/mol. The van der Waals surface area contributed by atoms with Crippen molar-refractivity contribution in [2.75, 3.05) is 34.1 Å². The number of benzene rings is 6. The summed E-state index contributed by atoms with van der Waals surface area (Å²) in [5.74, 6) is -0.582. The first kappa shape index (κ1) is 39.3. The summed E-state index contributed by atoms with van der Waals surface area (Å²) in [7, 11) is -7.26. The van der Waals surface area contributed by atoms with Crippen LogP contribution < -0.4 is 12.9 Å². The van der Waals surface area contributed by atoms with Crippen molar-refractivity contribution in [1.82, 2.24) is 0 Å². The van der Waals surface area contributed by atoms with Crippen LogP contribution in [0.3, 0.4) is 0 Å². The number of hydrogen-bond acceptors (Lipinski definition) is 6. The summed E-state index contributed by atoms with van der Waals surface area (Å²) >= 11 is 0. The Morgan fingerprint density at radius 3 is 0.836 bits per heavy atom. The summed E-state index contributed by atoms with van der Waals surface area (Å²) in [5, 5.41) is 0. The van der Waals surface area contributed by atoms with Crippen LogP contribution in [-0.4, -0.2) is 46.4 Å². The van der Waals surface area contributed by atoms with Crippen LogP contribution in [0.25, 0.3) is 0 Å². The average molecular weight is 794 g/mol. The Morgan fingerprint density at radius 1 is 0.364 bits per heavy atom. The average Bonchev–Trinajstić information content (AvgIpc) is 3.18. The Morgan fingerprint density at radius 2 is 0.600 bits per heavy atom. The van der Waals surface area contributed by atoms with E-state index in [-0.39, 0.29) is 14.7 Å². The molecule has 0 radical (unpaired) electrons. The molecule has 0 spiro atoms. The molecule has 0 heterocycles. The second-order valence-electron chi connectivity index (χ2n) is 13.6. The van der Waals surface area contributed by atoms with Gasteiger partial charge in [0.15, 0.2) is 0 Å². The first-order valence-electron chi connectivity index (χ1n) is 17.5. The SMILES string of the molecule is Cc1ccc(S(=O)(=O)N(C)c2cccc(C(c3cccc(N(C)S(=O)(=O)c4ccc(C)cc4)c3)c3cccc(N(C)S(=O)(=O)c4ccc(C)cc4)c3)c2)cc1. The molecular formula is C43H43N3O6S3. The molecule has 12 heteroatoms. The number of hydrogen-bond donors (Lipinski definition) is 0. The topological polar surface area (TPSA) is 112 Å². The van der Waals surface area contributed by atoms with Crippen molar-refractivity contribution in [3.63, 3.8) is 0 Å². The third kappa shape index (κ3) is 8.02. The van der Waals surface area contributed by atoms with Crippen molar-refractivity contribution in [3.05, 3.63) is 179 Å². The Bertz CT molecular complexity index is 2370. The summed E-state index contributed by atoms with van der Waals surface area (Å²) < 4.78 is 86.3. The van der Waals surface area contributed by atoms with E-state index >= 15 is 0 Å². The van der Waals surface area contributed by atoms with E-state index in [1.54, 1.807) is 127 Å². The Balaban J connectivity index is 1.47. The molecule has 0 saturated heterocycles. The van der Waals surface area contributed by atoms with Crippen LogP contribution in [0.5, 0.6) is 0 Å². The third-order valence-electron chi connectivity index (χ3n) is 9.74. The molecule has 6 aromatic carbocycles. The zero-order chi connectivity index (χ0) is 39.7. The first-order valence-corrected chi connectivity index (χ1v) is 21.8. The normalized spacial score (nSPS) is 12.1. The van der Waals surface area contributed by atoms with Gasteiger partial charge in [0.25, 0.3) is 30.1 Å². The molecule has 0 aliphatic carbocycles. The van der Waals surface area contributed by atoms with Crippen LogP contribution in [-0.2, 0) is 30.1 Å². The van der Waals surface area contributed by atoms with Gasteiger partial charge in [0.1, 0.15) is 0 Å². The molecule has 0 aliphatic rings. The summed E-state index contributed by atoms with van der Waals surface area (Å²) in [4.78, 5) is 0.454. The van der Waals surface area contributed by atoms with Gasteiger partial charge in [0.05, 0.1) is 31.7 Å². The zero-order valence-electron chi connectivity index (χ0n) is 31.4. The summed E-state index contributed by atoms with van der Waals surface area (Å²) in [5.41, 5.74) is 6.14. The Kier molecular flexibility index (Phi) is 11.0. The van der Waals surface area contributed by atoms with Gasteiger partial charge < -0.3 is 0 Å². The fourth-order valence-electron chi connectivity index (χ4n) is 6.30. The van der Waals surface area contributed by atoms with E-state index in [2.05, 4.69) is 0 Å². The van der Waals surface area contributed by atoms with Crippen molar-refractivity contribution >= 4 is 47.1 Å². The molecule has 6 rings (SSSR count). The van der Waals surface area contributed by atoms with Gasteiger partial charge in [-0.25, -0.2) is 25.3 Å². The quantitative estimate of drug-likeness (QED) is 0.115. The first-order chi connectivity index (χ1) is 26.0. The second-order valence-corrected chi connectivity index (χ2v) is 19.5. The van der Waals surface area contributed by atoms with Gasteiger partial charge in [-0.1, -0.05) is 89.5 Å². The van der Waals surface area contributed by atoms with Gasteiger partial charge in [0.2, 0.25) is 0 Å². The zero-order valence-corrected chi connectivity index (χ0v) is 33.9. The van der Waals surface area contributed by atoms with Crippen molar-refractivity contribution in [2.24, 2.45) is 0 Å². The fourth-order valence-corrected chi connectivity index (χ4v) is 9.86. The van der Waals surface area contributed by atoms with Crippen LogP contribution in [0, 0.1) is 20.8 Å². The molecule has 9 nitrogen and oxygen atoms in total. The summed E-state index contributed by atoms with van der Waals surface area (Å²) in [6.07, 6.45) is 0. The van der Waals surface area contributed by atoms with Crippen molar-refractivity contribution in [3.8, 4) is 0 Å². The van der Waals surface area contributed by atoms with Gasteiger partial charge in [-0.15, -0.1) is 0 Å². The lowest BCUT2D eigenvalue weighted by Gasteiger charge is -2.26. The maximum atomic E-state index is 13.8.